The average molecular weight is 402 g/mol. The van der Waals surface area contributed by atoms with Crippen molar-refractivity contribution in [2.75, 3.05) is 31.1 Å². The highest BCUT2D eigenvalue weighted by molar-refractivity contribution is 5.85. The second-order valence-corrected chi connectivity index (χ2v) is 7.45. The molecule has 2 fully saturated rings. The fourth-order valence-electron chi connectivity index (χ4n) is 4.03. The number of carbonyl (C=O) groups is 1. The van der Waals surface area contributed by atoms with Crippen molar-refractivity contribution in [3.8, 4) is 0 Å². The smallest absolute Gasteiger partial charge is 0.220 e. The average Bonchev–Trinajstić information content (AvgIpc) is 2.64. The van der Waals surface area contributed by atoms with Crippen LogP contribution in [0, 0.1) is 11.8 Å². The van der Waals surface area contributed by atoms with Gasteiger partial charge in [0.25, 0.3) is 0 Å². The molecule has 6 heteroatoms. The van der Waals surface area contributed by atoms with Gasteiger partial charge in [-0.3, -0.25) is 4.79 Å². The molecule has 1 aromatic rings. The van der Waals surface area contributed by atoms with E-state index < -0.39 is 0 Å². The highest BCUT2D eigenvalue weighted by Crippen LogP contribution is 2.23. The van der Waals surface area contributed by atoms with Crippen molar-refractivity contribution in [2.45, 2.75) is 45.1 Å². The van der Waals surface area contributed by atoms with Crippen molar-refractivity contribution < 1.29 is 4.79 Å². The quantitative estimate of drug-likeness (QED) is 0.791. The zero-order valence-corrected chi connectivity index (χ0v) is 17.3. The molecule has 2 unspecified atom stereocenters. The Hall–Kier alpha value is -0.970. The van der Waals surface area contributed by atoms with Gasteiger partial charge >= 0.3 is 0 Å². The maximum absolute atomic E-state index is 12.4. The van der Waals surface area contributed by atoms with Crippen molar-refractivity contribution in [3.05, 3.63) is 30.3 Å². The molecule has 2 heterocycles. The van der Waals surface area contributed by atoms with E-state index in [2.05, 4.69) is 52.8 Å². The minimum absolute atomic E-state index is 0. The van der Waals surface area contributed by atoms with Crippen LogP contribution in [0.3, 0.4) is 0 Å². The third kappa shape index (κ3) is 6.64. The molecule has 0 aliphatic carbocycles. The summed E-state index contributed by atoms with van der Waals surface area (Å²) in [5.74, 6) is 1.37. The van der Waals surface area contributed by atoms with Gasteiger partial charge in [-0.25, -0.2) is 0 Å². The second-order valence-electron chi connectivity index (χ2n) is 7.45. The Morgan fingerprint density at radius 3 is 2.50 bits per heavy atom. The summed E-state index contributed by atoms with van der Waals surface area (Å²) in [7, 11) is 0. The van der Waals surface area contributed by atoms with Crippen molar-refractivity contribution in [3.63, 3.8) is 0 Å². The molecule has 3 rings (SSSR count). The largest absolute Gasteiger partial charge is 0.371 e. The van der Waals surface area contributed by atoms with Gasteiger partial charge in [-0.1, -0.05) is 25.1 Å². The van der Waals surface area contributed by atoms with Gasteiger partial charge in [0.15, 0.2) is 0 Å². The molecule has 2 atom stereocenters. The van der Waals surface area contributed by atoms with Crippen molar-refractivity contribution >= 4 is 36.4 Å². The standard InChI is InChI=1S/C20H31N3O.2ClH/c1-16(17-6-5-11-21-15-17)14-20(24)22-18-9-12-23(13-10-18)19-7-3-2-4-8-19;;/h2-4,7-8,16-18,21H,5-6,9-15H2,1H3,(H,22,24);2*1H. The van der Waals surface area contributed by atoms with E-state index in [1.807, 2.05) is 0 Å². The Bertz CT molecular complexity index is 515. The molecule has 2 aliphatic rings. The van der Waals surface area contributed by atoms with Crippen LogP contribution in [0.5, 0.6) is 0 Å². The number of rotatable bonds is 5. The summed E-state index contributed by atoms with van der Waals surface area (Å²) < 4.78 is 0. The first-order valence-corrected chi connectivity index (χ1v) is 9.52. The van der Waals surface area contributed by atoms with E-state index in [9.17, 15) is 4.79 Å². The molecule has 2 N–H and O–H groups in total. The number of nitrogens with zero attached hydrogens (tertiary/aromatic N) is 1. The topological polar surface area (TPSA) is 44.4 Å². The first kappa shape index (κ1) is 23.1. The monoisotopic (exact) mass is 401 g/mol. The van der Waals surface area contributed by atoms with E-state index in [0.29, 0.717) is 24.3 Å². The van der Waals surface area contributed by atoms with Crippen LogP contribution in [0.15, 0.2) is 30.3 Å². The van der Waals surface area contributed by atoms with Gasteiger partial charge in [0.1, 0.15) is 0 Å². The zero-order valence-electron chi connectivity index (χ0n) is 15.7. The normalized spacial score (nSPS) is 21.9. The third-order valence-electron chi connectivity index (χ3n) is 5.63. The lowest BCUT2D eigenvalue weighted by atomic mass is 9.85. The Morgan fingerprint density at radius 2 is 1.88 bits per heavy atom. The molecule has 0 saturated carbocycles. The van der Waals surface area contributed by atoms with E-state index in [0.717, 1.165) is 39.0 Å². The van der Waals surface area contributed by atoms with Crippen LogP contribution in [-0.4, -0.2) is 38.1 Å². The van der Waals surface area contributed by atoms with Crippen LogP contribution in [0.1, 0.15) is 39.0 Å². The van der Waals surface area contributed by atoms with Crippen LogP contribution < -0.4 is 15.5 Å². The Labute approximate surface area is 170 Å². The molecule has 2 aliphatic heterocycles. The Morgan fingerprint density at radius 1 is 1.19 bits per heavy atom. The minimum atomic E-state index is 0. The van der Waals surface area contributed by atoms with Gasteiger partial charge in [-0.05, 0) is 62.7 Å². The molecule has 0 radical (unpaired) electrons. The summed E-state index contributed by atoms with van der Waals surface area (Å²) in [6, 6.07) is 10.9. The predicted octanol–water partition coefficient (Wildman–Crippen LogP) is 3.64. The molecule has 2 saturated heterocycles. The first-order chi connectivity index (χ1) is 11.7. The SMILES string of the molecule is CC(CC(=O)NC1CCN(c2ccccc2)CC1)C1CCCNC1.Cl.Cl. The first-order valence-electron chi connectivity index (χ1n) is 9.52. The molecular weight excluding hydrogens is 369 g/mol. The lowest BCUT2D eigenvalue weighted by Crippen LogP contribution is -2.45. The number of hydrogen-bond acceptors (Lipinski definition) is 3. The number of piperidine rings is 2. The summed E-state index contributed by atoms with van der Waals surface area (Å²) >= 11 is 0. The molecule has 148 valence electrons. The number of nitrogens with one attached hydrogen (secondary N) is 2. The van der Waals surface area contributed by atoms with Gasteiger partial charge in [-0.15, -0.1) is 24.8 Å². The van der Waals surface area contributed by atoms with Crippen LogP contribution >= 0.6 is 24.8 Å². The lowest BCUT2D eigenvalue weighted by molar-refractivity contribution is -0.123. The summed E-state index contributed by atoms with van der Waals surface area (Å²) in [6.45, 7) is 6.49. The predicted molar refractivity (Wildman–Crippen MR) is 114 cm³/mol. The van der Waals surface area contributed by atoms with Gasteiger partial charge in [-0.2, -0.15) is 0 Å². The Kier molecular flexibility index (Phi) is 10.4. The van der Waals surface area contributed by atoms with Gasteiger partial charge < -0.3 is 15.5 Å². The van der Waals surface area contributed by atoms with Crippen molar-refractivity contribution in [1.82, 2.24) is 10.6 Å². The summed E-state index contributed by atoms with van der Waals surface area (Å²) in [5.41, 5.74) is 1.29. The number of hydrogen-bond donors (Lipinski definition) is 2. The number of halogens is 2. The highest BCUT2D eigenvalue weighted by Gasteiger charge is 2.24. The van der Waals surface area contributed by atoms with E-state index >= 15 is 0 Å². The van der Waals surface area contributed by atoms with E-state index in [1.165, 1.54) is 18.5 Å². The van der Waals surface area contributed by atoms with E-state index in [-0.39, 0.29) is 30.7 Å². The maximum atomic E-state index is 12.4. The molecule has 0 aromatic heterocycles. The van der Waals surface area contributed by atoms with Crippen molar-refractivity contribution in [1.29, 1.82) is 0 Å². The second kappa shape index (κ2) is 11.7. The molecule has 26 heavy (non-hydrogen) atoms. The fourth-order valence-corrected chi connectivity index (χ4v) is 4.03. The molecule has 1 aromatic carbocycles. The van der Waals surface area contributed by atoms with Crippen LogP contribution in [0.4, 0.5) is 5.69 Å². The molecule has 4 nitrogen and oxygen atoms in total. The molecule has 0 bridgehead atoms. The van der Waals surface area contributed by atoms with Crippen LogP contribution in [-0.2, 0) is 4.79 Å². The Balaban J connectivity index is 0.00000169. The van der Waals surface area contributed by atoms with Crippen molar-refractivity contribution in [2.24, 2.45) is 11.8 Å². The number of para-hydroxylation sites is 1. The number of amides is 1. The van der Waals surface area contributed by atoms with Crippen LogP contribution in [0.25, 0.3) is 0 Å². The van der Waals surface area contributed by atoms with Gasteiger partial charge in [0.2, 0.25) is 5.91 Å². The maximum Gasteiger partial charge on any atom is 0.220 e. The van der Waals surface area contributed by atoms with Gasteiger partial charge in [0.05, 0.1) is 0 Å². The third-order valence-corrected chi connectivity index (χ3v) is 5.63. The highest BCUT2D eigenvalue weighted by atomic mass is 35.5. The zero-order chi connectivity index (χ0) is 16.8. The molecule has 1 amide bonds. The van der Waals surface area contributed by atoms with Gasteiger partial charge in [0, 0.05) is 31.2 Å². The van der Waals surface area contributed by atoms with Crippen LogP contribution in [0.2, 0.25) is 0 Å². The molecule has 0 spiro atoms. The minimum Gasteiger partial charge on any atom is -0.371 e. The van der Waals surface area contributed by atoms with E-state index in [4.69, 9.17) is 0 Å². The fraction of sp³-hybridized carbons (Fsp3) is 0.650. The van der Waals surface area contributed by atoms with E-state index in [1.54, 1.807) is 0 Å². The summed E-state index contributed by atoms with van der Waals surface area (Å²) in [5, 5.41) is 6.73. The number of anilines is 1. The number of carbonyl (C=O) groups excluding carboxylic acids is 1. The summed E-state index contributed by atoms with van der Waals surface area (Å²) in [4.78, 5) is 14.8. The molecular formula is C20H33Cl2N3O. The number of benzene rings is 1. The summed E-state index contributed by atoms with van der Waals surface area (Å²) in [6.07, 6.45) is 5.26. The lowest BCUT2D eigenvalue weighted by Gasteiger charge is -2.34.